The minimum atomic E-state index is -0.967. The zero-order valence-electron chi connectivity index (χ0n) is 8.00. The summed E-state index contributed by atoms with van der Waals surface area (Å²) in [4.78, 5) is 21.2. The van der Waals surface area contributed by atoms with Gasteiger partial charge in [-0.15, -0.1) is 0 Å². The molecule has 0 saturated carbocycles. The van der Waals surface area contributed by atoms with E-state index in [1.807, 2.05) is 0 Å². The molecule has 0 aromatic heterocycles. The molecule has 0 bridgehead atoms. The average molecular weight is 247 g/mol. The molecule has 86 valence electrons. The first-order valence-electron chi connectivity index (χ1n) is 4.16. The molecule has 0 spiro atoms. The van der Waals surface area contributed by atoms with Crippen LogP contribution < -0.4 is 15.8 Å². The molecule has 3 amide bonds. The van der Waals surface area contributed by atoms with Gasteiger partial charge in [-0.2, -0.15) is 0 Å². The topological polar surface area (TPSA) is 81.4 Å². The Morgan fingerprint density at radius 3 is 2.75 bits per heavy atom. The molecule has 0 heterocycles. The SMILES string of the molecule is NC(=O)NC(=O)COc1ccc(F)c(Cl)c1. The fraction of sp³-hybridized carbons (Fsp3) is 0.111. The summed E-state index contributed by atoms with van der Waals surface area (Å²) < 4.78 is 17.7. The second-order valence-corrected chi connectivity index (χ2v) is 3.18. The molecule has 1 aromatic carbocycles. The van der Waals surface area contributed by atoms with Crippen LogP contribution in [-0.2, 0) is 4.79 Å². The van der Waals surface area contributed by atoms with E-state index in [2.05, 4.69) is 0 Å². The molecule has 1 aromatic rings. The monoisotopic (exact) mass is 246 g/mol. The maximum Gasteiger partial charge on any atom is 0.318 e. The van der Waals surface area contributed by atoms with E-state index in [0.29, 0.717) is 0 Å². The van der Waals surface area contributed by atoms with Crippen molar-refractivity contribution in [3.8, 4) is 5.75 Å². The van der Waals surface area contributed by atoms with Crippen LogP contribution in [0.4, 0.5) is 9.18 Å². The molecule has 1 rings (SSSR count). The van der Waals surface area contributed by atoms with Crippen LogP contribution in [0.15, 0.2) is 18.2 Å². The van der Waals surface area contributed by atoms with E-state index in [-0.39, 0.29) is 10.8 Å². The van der Waals surface area contributed by atoms with Gasteiger partial charge >= 0.3 is 6.03 Å². The molecule has 16 heavy (non-hydrogen) atoms. The second-order valence-electron chi connectivity index (χ2n) is 2.78. The van der Waals surface area contributed by atoms with Crippen molar-refractivity contribution in [2.75, 3.05) is 6.61 Å². The van der Waals surface area contributed by atoms with Gasteiger partial charge < -0.3 is 10.5 Å². The number of imide groups is 1. The summed E-state index contributed by atoms with van der Waals surface area (Å²) in [5.74, 6) is -1.07. The number of carbonyl (C=O) groups is 2. The van der Waals surface area contributed by atoms with Gasteiger partial charge in [0.2, 0.25) is 0 Å². The van der Waals surface area contributed by atoms with Crippen molar-refractivity contribution >= 4 is 23.5 Å². The van der Waals surface area contributed by atoms with Crippen LogP contribution in [0.5, 0.6) is 5.75 Å². The van der Waals surface area contributed by atoms with Crippen molar-refractivity contribution in [3.63, 3.8) is 0 Å². The summed E-state index contributed by atoms with van der Waals surface area (Å²) in [7, 11) is 0. The molecule has 7 heteroatoms. The lowest BCUT2D eigenvalue weighted by Crippen LogP contribution is -2.38. The number of amides is 3. The van der Waals surface area contributed by atoms with E-state index in [1.165, 1.54) is 12.1 Å². The molecular formula is C9H8ClFN2O3. The van der Waals surface area contributed by atoms with E-state index in [4.69, 9.17) is 22.1 Å². The number of benzene rings is 1. The van der Waals surface area contributed by atoms with Crippen molar-refractivity contribution in [1.82, 2.24) is 5.32 Å². The Balaban J connectivity index is 2.51. The highest BCUT2D eigenvalue weighted by molar-refractivity contribution is 6.30. The van der Waals surface area contributed by atoms with Gasteiger partial charge in [0.25, 0.3) is 5.91 Å². The highest BCUT2D eigenvalue weighted by Gasteiger charge is 2.06. The lowest BCUT2D eigenvalue weighted by molar-refractivity contribution is -0.121. The van der Waals surface area contributed by atoms with Crippen LogP contribution in [0.2, 0.25) is 5.02 Å². The third-order valence-electron chi connectivity index (χ3n) is 1.52. The number of halogens is 2. The standard InChI is InChI=1S/C9H8ClFN2O3/c10-6-3-5(1-2-7(6)11)16-4-8(14)13-9(12)15/h1-3H,4H2,(H3,12,13,14,15). The van der Waals surface area contributed by atoms with Gasteiger partial charge in [-0.1, -0.05) is 11.6 Å². The van der Waals surface area contributed by atoms with E-state index in [9.17, 15) is 14.0 Å². The molecule has 0 radical (unpaired) electrons. The maximum absolute atomic E-state index is 12.7. The summed E-state index contributed by atoms with van der Waals surface area (Å²) in [6, 6.07) is 2.65. The molecule has 0 aliphatic carbocycles. The van der Waals surface area contributed by atoms with Gasteiger partial charge in [-0.05, 0) is 12.1 Å². The predicted octanol–water partition coefficient (Wildman–Crippen LogP) is 1.05. The number of nitrogens with one attached hydrogen (secondary N) is 1. The summed E-state index contributed by atoms with van der Waals surface area (Å²) in [6.45, 7) is -0.412. The summed E-state index contributed by atoms with van der Waals surface area (Å²) in [5, 5.41) is 1.69. The first-order chi connectivity index (χ1) is 7.49. The van der Waals surface area contributed by atoms with Crippen molar-refractivity contribution in [2.45, 2.75) is 0 Å². The van der Waals surface area contributed by atoms with Gasteiger partial charge in [0, 0.05) is 6.07 Å². The van der Waals surface area contributed by atoms with Crippen LogP contribution in [0, 0.1) is 5.82 Å². The minimum Gasteiger partial charge on any atom is -0.484 e. The fourth-order valence-electron chi connectivity index (χ4n) is 0.889. The van der Waals surface area contributed by atoms with Gasteiger partial charge in [0.1, 0.15) is 11.6 Å². The maximum atomic E-state index is 12.7. The van der Waals surface area contributed by atoms with Crippen molar-refractivity contribution < 1.29 is 18.7 Å². The Morgan fingerprint density at radius 1 is 1.50 bits per heavy atom. The van der Waals surface area contributed by atoms with Crippen molar-refractivity contribution in [3.05, 3.63) is 29.0 Å². The van der Waals surface area contributed by atoms with Crippen LogP contribution >= 0.6 is 11.6 Å². The molecule has 3 N–H and O–H groups in total. The molecule has 0 saturated heterocycles. The number of primary amides is 1. The van der Waals surface area contributed by atoms with E-state index in [0.717, 1.165) is 6.07 Å². The Hall–Kier alpha value is -1.82. The summed E-state index contributed by atoms with van der Waals surface area (Å²) in [6.07, 6.45) is 0. The number of nitrogens with two attached hydrogens (primary N) is 1. The summed E-state index contributed by atoms with van der Waals surface area (Å²) >= 11 is 5.48. The van der Waals surface area contributed by atoms with Gasteiger partial charge in [-0.25, -0.2) is 9.18 Å². The third kappa shape index (κ3) is 3.74. The number of rotatable bonds is 3. The van der Waals surface area contributed by atoms with Crippen molar-refractivity contribution in [1.29, 1.82) is 0 Å². The molecule has 0 aliphatic rings. The van der Waals surface area contributed by atoms with Crippen LogP contribution in [-0.4, -0.2) is 18.5 Å². The van der Waals surface area contributed by atoms with Crippen LogP contribution in [0.25, 0.3) is 0 Å². The first-order valence-corrected chi connectivity index (χ1v) is 4.54. The first kappa shape index (κ1) is 12.3. The molecule has 0 aliphatic heterocycles. The zero-order chi connectivity index (χ0) is 12.1. The second kappa shape index (κ2) is 5.32. The molecule has 0 fully saturated rings. The van der Waals surface area contributed by atoms with Crippen LogP contribution in [0.3, 0.4) is 0 Å². The summed E-state index contributed by atoms with van der Waals surface area (Å²) in [5.41, 5.74) is 4.71. The largest absolute Gasteiger partial charge is 0.484 e. The Bertz CT molecular complexity index is 425. The number of urea groups is 1. The molecule has 0 unspecified atom stereocenters. The zero-order valence-corrected chi connectivity index (χ0v) is 8.75. The number of carbonyl (C=O) groups excluding carboxylic acids is 2. The minimum absolute atomic E-state index is 0.118. The quantitative estimate of drug-likeness (QED) is 0.836. The van der Waals surface area contributed by atoms with Gasteiger partial charge in [0.05, 0.1) is 5.02 Å². The fourth-order valence-corrected chi connectivity index (χ4v) is 1.06. The van der Waals surface area contributed by atoms with Crippen LogP contribution in [0.1, 0.15) is 0 Å². The lowest BCUT2D eigenvalue weighted by Gasteiger charge is -2.05. The highest BCUT2D eigenvalue weighted by Crippen LogP contribution is 2.20. The molecule has 0 atom stereocenters. The predicted molar refractivity (Wildman–Crippen MR) is 54.6 cm³/mol. The Morgan fingerprint density at radius 2 is 2.19 bits per heavy atom. The average Bonchev–Trinajstić information content (AvgIpc) is 2.19. The van der Waals surface area contributed by atoms with Crippen molar-refractivity contribution in [2.24, 2.45) is 5.73 Å². The number of ether oxygens (including phenoxy) is 1. The Labute approximate surface area is 95.3 Å². The van der Waals surface area contributed by atoms with Gasteiger partial charge in [0.15, 0.2) is 6.61 Å². The third-order valence-corrected chi connectivity index (χ3v) is 1.81. The Kier molecular flexibility index (Phi) is 4.07. The highest BCUT2D eigenvalue weighted by atomic mass is 35.5. The van der Waals surface area contributed by atoms with Gasteiger partial charge in [-0.3, -0.25) is 10.1 Å². The number of hydrogen-bond acceptors (Lipinski definition) is 3. The smallest absolute Gasteiger partial charge is 0.318 e. The van der Waals surface area contributed by atoms with E-state index >= 15 is 0 Å². The van der Waals surface area contributed by atoms with E-state index < -0.39 is 24.4 Å². The molecular weight excluding hydrogens is 239 g/mol. The van der Waals surface area contributed by atoms with E-state index in [1.54, 1.807) is 5.32 Å². The molecule has 5 nitrogen and oxygen atoms in total. The lowest BCUT2D eigenvalue weighted by atomic mass is 10.3. The normalized spacial score (nSPS) is 9.62. The number of hydrogen-bond donors (Lipinski definition) is 2.